The van der Waals surface area contributed by atoms with Crippen molar-refractivity contribution in [1.82, 2.24) is 14.8 Å². The Labute approximate surface area is 177 Å². The number of carbonyl (C=O) groups is 1. The van der Waals surface area contributed by atoms with E-state index < -0.39 is 51.4 Å². The van der Waals surface area contributed by atoms with Crippen LogP contribution in [0.3, 0.4) is 0 Å². The van der Waals surface area contributed by atoms with E-state index in [2.05, 4.69) is 15.4 Å². The lowest BCUT2D eigenvalue weighted by Crippen LogP contribution is -2.47. The Morgan fingerprint density at radius 3 is 2.52 bits per heavy atom. The van der Waals surface area contributed by atoms with Crippen LogP contribution in [-0.2, 0) is 22.2 Å². The molecule has 1 atom stereocenters. The summed E-state index contributed by atoms with van der Waals surface area (Å²) in [5.74, 6) is -6.94. The number of rotatable bonds is 6. The highest BCUT2D eigenvalue weighted by atomic mass is 32.2. The first-order valence-electron chi connectivity index (χ1n) is 9.36. The molecule has 31 heavy (non-hydrogen) atoms. The molecular weight excluding hydrogens is 438 g/mol. The van der Waals surface area contributed by atoms with E-state index in [1.54, 1.807) is 6.92 Å². The first-order chi connectivity index (χ1) is 14.0. The number of aromatic nitrogens is 3. The Bertz CT molecular complexity index is 1130. The van der Waals surface area contributed by atoms with Gasteiger partial charge in [-0.3, -0.25) is 9.48 Å². The normalized spacial score (nSPS) is 19.4. The number of amides is 1. The third-order valence-corrected chi connectivity index (χ3v) is 6.14. The first-order valence-corrected chi connectivity index (χ1v) is 11.3. The highest BCUT2D eigenvalue weighted by molar-refractivity contribution is 7.91. The molecule has 0 saturated heterocycles. The molecule has 1 fully saturated rings. The molecule has 0 aliphatic heterocycles. The number of alkyl halides is 4. The minimum Gasteiger partial charge on any atom is -0.321 e. The molecule has 1 amide bonds. The van der Waals surface area contributed by atoms with Gasteiger partial charge in [-0.25, -0.2) is 22.8 Å². The maximum Gasteiger partial charge on any atom is 0.289 e. The van der Waals surface area contributed by atoms with Gasteiger partial charge in [0.05, 0.1) is 9.73 Å². The predicted molar refractivity (Wildman–Crippen MR) is 106 cm³/mol. The summed E-state index contributed by atoms with van der Waals surface area (Å²) in [5, 5.41) is 6.35. The molecule has 2 N–H and O–H groups in total. The number of hydrogen-bond donors (Lipinski definition) is 2. The predicted octanol–water partition coefficient (Wildman–Crippen LogP) is 4.42. The monoisotopic (exact) mass is 461 g/mol. The van der Waals surface area contributed by atoms with Gasteiger partial charge in [0, 0.05) is 50.0 Å². The molecule has 1 aliphatic rings. The molecule has 1 aliphatic carbocycles. The van der Waals surface area contributed by atoms with Crippen LogP contribution in [0.25, 0.3) is 0 Å². The van der Waals surface area contributed by atoms with Crippen LogP contribution in [-0.4, -0.2) is 37.1 Å². The van der Waals surface area contributed by atoms with Gasteiger partial charge in [-0.2, -0.15) is 13.9 Å². The van der Waals surface area contributed by atoms with Gasteiger partial charge >= 0.3 is 0 Å². The number of halogens is 4. The third-order valence-electron chi connectivity index (χ3n) is 5.11. The maximum atomic E-state index is 14.0. The molecule has 0 radical (unpaired) electrons. The number of hydrogen-bond acceptors (Lipinski definition) is 5. The summed E-state index contributed by atoms with van der Waals surface area (Å²) < 4.78 is 75.5. The summed E-state index contributed by atoms with van der Waals surface area (Å²) in [7, 11) is -3.14. The summed E-state index contributed by atoms with van der Waals surface area (Å²) >= 11 is 0. The summed E-state index contributed by atoms with van der Waals surface area (Å²) in [4.78, 5) is 16.8. The standard InChI is InChI=1S/C19H23F4N5O2S/c1-11-14(16(29)26-12-5-6-25-13(7-12)31(4,24)30)28(27-15(11)18(3,20)21)10-17(2)8-19(22,23)9-17/h5-7,24H,8-10H2,1-4H3,(H,25,26,29)/t31-/m0/s1. The number of anilines is 1. The van der Waals surface area contributed by atoms with Crippen molar-refractivity contribution in [3.05, 3.63) is 35.3 Å². The minimum atomic E-state index is -3.34. The Morgan fingerprint density at radius 1 is 1.39 bits per heavy atom. The van der Waals surface area contributed by atoms with E-state index in [1.165, 1.54) is 31.5 Å². The van der Waals surface area contributed by atoms with E-state index in [4.69, 9.17) is 4.78 Å². The quantitative estimate of drug-likeness (QED) is 0.622. The van der Waals surface area contributed by atoms with Gasteiger partial charge in [-0.1, -0.05) is 6.92 Å². The molecule has 2 heterocycles. The number of carbonyl (C=O) groups excluding carboxylic acids is 1. The van der Waals surface area contributed by atoms with Gasteiger partial charge in [0.15, 0.2) is 0 Å². The molecule has 7 nitrogen and oxygen atoms in total. The lowest BCUT2D eigenvalue weighted by atomic mass is 9.67. The van der Waals surface area contributed by atoms with Crippen molar-refractivity contribution in [3.8, 4) is 0 Å². The van der Waals surface area contributed by atoms with Crippen LogP contribution in [0, 0.1) is 17.1 Å². The van der Waals surface area contributed by atoms with E-state index in [0.717, 1.165) is 4.68 Å². The van der Waals surface area contributed by atoms with Crippen molar-refractivity contribution >= 4 is 21.3 Å². The maximum absolute atomic E-state index is 14.0. The molecule has 3 rings (SSSR count). The van der Waals surface area contributed by atoms with E-state index in [1.807, 2.05) is 0 Å². The van der Waals surface area contributed by atoms with Crippen LogP contribution >= 0.6 is 0 Å². The number of pyridine rings is 1. The third kappa shape index (κ3) is 4.89. The second-order valence-electron chi connectivity index (χ2n) is 8.57. The van der Waals surface area contributed by atoms with Gasteiger partial charge in [0.1, 0.15) is 16.4 Å². The summed E-state index contributed by atoms with van der Waals surface area (Å²) in [6.45, 7) is 3.44. The Hall–Kier alpha value is -2.50. The van der Waals surface area contributed by atoms with Crippen LogP contribution in [0.5, 0.6) is 0 Å². The van der Waals surface area contributed by atoms with Crippen molar-refractivity contribution in [2.45, 2.75) is 57.0 Å². The average molecular weight is 461 g/mol. The zero-order chi connectivity index (χ0) is 23.4. The molecule has 2 aromatic heterocycles. The Morgan fingerprint density at radius 2 is 2.00 bits per heavy atom. The zero-order valence-electron chi connectivity index (χ0n) is 17.4. The summed E-state index contributed by atoms with van der Waals surface area (Å²) in [5.41, 5.74) is -1.57. The van der Waals surface area contributed by atoms with E-state index >= 15 is 0 Å². The lowest BCUT2D eigenvalue weighted by Gasteiger charge is -2.44. The fourth-order valence-electron chi connectivity index (χ4n) is 3.93. The molecule has 0 unspecified atom stereocenters. The molecule has 0 aromatic carbocycles. The van der Waals surface area contributed by atoms with Crippen molar-refractivity contribution in [2.75, 3.05) is 11.6 Å². The van der Waals surface area contributed by atoms with Crippen molar-refractivity contribution in [3.63, 3.8) is 0 Å². The molecule has 12 heteroatoms. The zero-order valence-corrected chi connectivity index (χ0v) is 18.2. The summed E-state index contributed by atoms with van der Waals surface area (Å²) in [6.07, 6.45) is 1.57. The second-order valence-corrected chi connectivity index (χ2v) is 10.7. The lowest BCUT2D eigenvalue weighted by molar-refractivity contribution is -0.160. The van der Waals surface area contributed by atoms with Crippen LogP contribution < -0.4 is 5.32 Å². The Balaban J connectivity index is 1.97. The molecule has 2 aromatic rings. The van der Waals surface area contributed by atoms with Gasteiger partial charge in [0.2, 0.25) is 5.92 Å². The first kappa shape index (κ1) is 23.2. The molecular formula is C19H23F4N5O2S. The van der Waals surface area contributed by atoms with Crippen molar-refractivity contribution < 1.29 is 26.6 Å². The topological polar surface area (TPSA) is 101 Å². The summed E-state index contributed by atoms with van der Waals surface area (Å²) in [6, 6.07) is 2.65. The second kappa shape index (κ2) is 7.28. The Kier molecular flexibility index (Phi) is 5.44. The van der Waals surface area contributed by atoms with Gasteiger partial charge < -0.3 is 5.32 Å². The fourth-order valence-corrected chi connectivity index (χ4v) is 4.55. The van der Waals surface area contributed by atoms with E-state index in [0.29, 0.717) is 6.92 Å². The number of nitrogens with zero attached hydrogens (tertiary/aromatic N) is 3. The van der Waals surface area contributed by atoms with Crippen LogP contribution in [0.1, 0.15) is 48.4 Å². The molecule has 1 saturated carbocycles. The average Bonchev–Trinajstić information content (AvgIpc) is 2.88. The van der Waals surface area contributed by atoms with Crippen LogP contribution in [0.4, 0.5) is 23.2 Å². The smallest absolute Gasteiger partial charge is 0.289 e. The van der Waals surface area contributed by atoms with Crippen molar-refractivity contribution in [2.24, 2.45) is 5.41 Å². The van der Waals surface area contributed by atoms with Gasteiger partial charge in [-0.05, 0) is 24.5 Å². The van der Waals surface area contributed by atoms with Gasteiger partial charge in [-0.15, -0.1) is 0 Å². The highest BCUT2D eigenvalue weighted by Crippen LogP contribution is 2.52. The SMILES string of the molecule is Cc1c(C(C)(F)F)nn(CC2(C)CC(F)(F)C2)c1C(=O)Nc1ccnc([S@@](C)(=N)=O)c1. The molecule has 170 valence electrons. The van der Waals surface area contributed by atoms with Crippen LogP contribution in [0.2, 0.25) is 0 Å². The highest BCUT2D eigenvalue weighted by Gasteiger charge is 2.54. The number of nitrogens with one attached hydrogen (secondary N) is 2. The van der Waals surface area contributed by atoms with E-state index in [-0.39, 0.29) is 28.5 Å². The fraction of sp³-hybridized carbons (Fsp3) is 0.526. The minimum absolute atomic E-state index is 0.0551. The van der Waals surface area contributed by atoms with E-state index in [9.17, 15) is 26.6 Å². The van der Waals surface area contributed by atoms with Crippen LogP contribution in [0.15, 0.2) is 23.4 Å². The van der Waals surface area contributed by atoms with Crippen molar-refractivity contribution in [1.29, 1.82) is 4.78 Å². The molecule has 0 spiro atoms. The molecule has 0 bridgehead atoms. The van der Waals surface area contributed by atoms with Gasteiger partial charge in [0.25, 0.3) is 11.8 Å². The largest absolute Gasteiger partial charge is 0.321 e.